The average Bonchev–Trinajstić information content (AvgIpc) is 2.69. The summed E-state index contributed by atoms with van der Waals surface area (Å²) in [4.78, 5) is 25.0. The van der Waals surface area contributed by atoms with Crippen molar-refractivity contribution in [1.29, 1.82) is 0 Å². The van der Waals surface area contributed by atoms with Crippen molar-refractivity contribution < 1.29 is 18.8 Å². The number of Topliss-reactive ketones (excluding diaryl/α,β-unsaturated/α-hetero) is 1. The highest BCUT2D eigenvalue weighted by atomic mass is 16.4. The second-order valence-electron chi connectivity index (χ2n) is 9.52. The highest BCUT2D eigenvalue weighted by Crippen LogP contribution is 2.72. The predicted molar refractivity (Wildman–Crippen MR) is 87.9 cm³/mol. The Kier molecular flexibility index (Phi) is 2.39. The SMILES string of the molecule is [2H]C([2H])([2H])[C@@]1(C(=O)O)CCC[C@@]2(C)[C@@H]3CCC4(C)C[C@]3(CC[C@@H]21)CC4=O. The highest BCUT2D eigenvalue weighted by Gasteiger charge is 2.68. The lowest BCUT2D eigenvalue weighted by molar-refractivity contribution is -0.182. The van der Waals surface area contributed by atoms with E-state index in [1.165, 1.54) is 0 Å². The van der Waals surface area contributed by atoms with Gasteiger partial charge in [-0.3, -0.25) is 9.59 Å². The van der Waals surface area contributed by atoms with Gasteiger partial charge in [-0.1, -0.05) is 20.3 Å². The Morgan fingerprint density at radius 3 is 2.61 bits per heavy atom. The van der Waals surface area contributed by atoms with Gasteiger partial charge in [0.15, 0.2) is 0 Å². The van der Waals surface area contributed by atoms with E-state index in [1.807, 2.05) is 0 Å². The Morgan fingerprint density at radius 2 is 1.91 bits per heavy atom. The van der Waals surface area contributed by atoms with E-state index in [0.717, 1.165) is 32.1 Å². The third-order valence-corrected chi connectivity index (χ3v) is 8.44. The fourth-order valence-corrected chi connectivity index (χ4v) is 7.44. The van der Waals surface area contributed by atoms with Gasteiger partial charge in [-0.25, -0.2) is 0 Å². The molecule has 0 radical (unpaired) electrons. The van der Waals surface area contributed by atoms with Crippen LogP contribution in [0.5, 0.6) is 0 Å². The molecule has 1 N–H and O–H groups in total. The monoisotopic (exact) mass is 321 g/mol. The maximum absolute atomic E-state index is 12.7. The van der Waals surface area contributed by atoms with Gasteiger partial charge < -0.3 is 5.11 Å². The zero-order valence-electron chi connectivity index (χ0n) is 17.3. The van der Waals surface area contributed by atoms with Crippen LogP contribution in [0.2, 0.25) is 0 Å². The molecule has 4 rings (SSSR count). The average molecular weight is 321 g/mol. The molecule has 3 nitrogen and oxygen atoms in total. The minimum absolute atomic E-state index is 0.0222. The molecule has 4 saturated carbocycles. The quantitative estimate of drug-likeness (QED) is 0.776. The first-order valence-electron chi connectivity index (χ1n) is 10.7. The molecule has 0 aromatic carbocycles. The summed E-state index contributed by atoms with van der Waals surface area (Å²) in [5.74, 6) is -0.829. The van der Waals surface area contributed by atoms with Crippen molar-refractivity contribution in [1.82, 2.24) is 0 Å². The number of ketones is 1. The zero-order chi connectivity index (χ0) is 19.2. The van der Waals surface area contributed by atoms with Crippen molar-refractivity contribution in [3.05, 3.63) is 0 Å². The predicted octanol–water partition coefficient (Wildman–Crippen LogP) is 4.44. The van der Waals surface area contributed by atoms with Gasteiger partial charge in [-0.05, 0) is 74.5 Å². The lowest BCUT2D eigenvalue weighted by Gasteiger charge is -2.63. The normalized spacial score (nSPS) is 57.7. The van der Waals surface area contributed by atoms with Crippen LogP contribution in [-0.2, 0) is 9.59 Å². The summed E-state index contributed by atoms with van der Waals surface area (Å²) in [5, 5.41) is 10.1. The van der Waals surface area contributed by atoms with Crippen molar-refractivity contribution in [2.24, 2.45) is 33.5 Å². The van der Waals surface area contributed by atoms with E-state index in [1.54, 1.807) is 0 Å². The summed E-state index contributed by atoms with van der Waals surface area (Å²) in [6.07, 6.45) is 6.56. The van der Waals surface area contributed by atoms with Crippen LogP contribution in [0.15, 0.2) is 0 Å². The molecule has 6 atom stereocenters. The van der Waals surface area contributed by atoms with Crippen molar-refractivity contribution in [3.63, 3.8) is 0 Å². The van der Waals surface area contributed by atoms with Crippen LogP contribution in [-0.4, -0.2) is 16.9 Å². The number of carbonyl (C=O) groups is 2. The van der Waals surface area contributed by atoms with E-state index in [2.05, 4.69) is 13.8 Å². The molecule has 0 saturated heterocycles. The molecule has 0 heterocycles. The standard InChI is InChI=1S/C20H30O3/c1-17-9-5-14-18(2)7-4-8-19(3,16(22)23)13(18)6-10-20(14,12-17)11-15(17)21/h13-14H,4-12H2,1-3H3,(H,22,23)/t13-,14-,17?,18+,19+,20-/m0/s1/i3D3. The summed E-state index contributed by atoms with van der Waals surface area (Å²) in [7, 11) is 0. The molecule has 0 aromatic rings. The van der Waals surface area contributed by atoms with E-state index >= 15 is 0 Å². The molecule has 4 aliphatic rings. The summed E-state index contributed by atoms with van der Waals surface area (Å²) in [6.45, 7) is 1.75. The third-order valence-electron chi connectivity index (χ3n) is 8.44. The van der Waals surface area contributed by atoms with Gasteiger partial charge in [-0.2, -0.15) is 0 Å². The maximum atomic E-state index is 12.7. The van der Waals surface area contributed by atoms with Gasteiger partial charge in [0.1, 0.15) is 5.78 Å². The van der Waals surface area contributed by atoms with Crippen molar-refractivity contribution in [3.8, 4) is 0 Å². The van der Waals surface area contributed by atoms with Crippen molar-refractivity contribution in [2.75, 3.05) is 0 Å². The van der Waals surface area contributed by atoms with Crippen LogP contribution >= 0.6 is 0 Å². The second kappa shape index (κ2) is 4.40. The van der Waals surface area contributed by atoms with Crippen LogP contribution < -0.4 is 0 Å². The minimum Gasteiger partial charge on any atom is -0.481 e. The summed E-state index contributed by atoms with van der Waals surface area (Å²) in [5.41, 5.74) is -2.16. The van der Waals surface area contributed by atoms with E-state index < -0.39 is 18.2 Å². The summed E-state index contributed by atoms with van der Waals surface area (Å²) in [6, 6.07) is 0. The summed E-state index contributed by atoms with van der Waals surface area (Å²) < 4.78 is 24.3. The molecule has 0 aromatic heterocycles. The van der Waals surface area contributed by atoms with Crippen LogP contribution in [0.3, 0.4) is 0 Å². The van der Waals surface area contributed by atoms with E-state index in [9.17, 15) is 14.7 Å². The van der Waals surface area contributed by atoms with Crippen molar-refractivity contribution >= 4 is 11.8 Å². The number of hydrogen-bond acceptors (Lipinski definition) is 2. The van der Waals surface area contributed by atoms with Gasteiger partial charge in [0.25, 0.3) is 0 Å². The fraction of sp³-hybridized carbons (Fsp3) is 0.900. The number of hydrogen-bond donors (Lipinski definition) is 1. The van der Waals surface area contributed by atoms with E-state index in [4.69, 9.17) is 4.11 Å². The molecule has 1 spiro atoms. The van der Waals surface area contributed by atoms with E-state index in [0.29, 0.717) is 25.0 Å². The first kappa shape index (κ1) is 12.5. The highest BCUT2D eigenvalue weighted by molar-refractivity contribution is 5.88. The Hall–Kier alpha value is -0.860. The molecule has 4 fully saturated rings. The molecule has 23 heavy (non-hydrogen) atoms. The zero-order valence-corrected chi connectivity index (χ0v) is 14.3. The molecular formula is C20H30O3. The van der Waals surface area contributed by atoms with E-state index in [-0.39, 0.29) is 34.5 Å². The molecule has 1 unspecified atom stereocenters. The Balaban J connectivity index is 1.80. The Morgan fingerprint density at radius 1 is 1.17 bits per heavy atom. The molecule has 0 aliphatic heterocycles. The molecular weight excluding hydrogens is 288 g/mol. The summed E-state index contributed by atoms with van der Waals surface area (Å²) >= 11 is 0. The number of carboxylic acids is 1. The number of carbonyl (C=O) groups excluding carboxylic acids is 1. The first-order chi connectivity index (χ1) is 11.9. The van der Waals surface area contributed by atoms with Crippen LogP contribution in [0.25, 0.3) is 0 Å². The van der Waals surface area contributed by atoms with Gasteiger partial charge in [-0.15, -0.1) is 0 Å². The molecule has 0 amide bonds. The van der Waals surface area contributed by atoms with Crippen LogP contribution in [0.1, 0.15) is 82.6 Å². The van der Waals surface area contributed by atoms with Crippen LogP contribution in [0.4, 0.5) is 0 Å². The number of rotatable bonds is 1. The molecule has 2 bridgehead atoms. The van der Waals surface area contributed by atoms with Gasteiger partial charge in [0.2, 0.25) is 0 Å². The smallest absolute Gasteiger partial charge is 0.309 e. The fourth-order valence-electron chi connectivity index (χ4n) is 7.44. The molecule has 3 heteroatoms. The maximum Gasteiger partial charge on any atom is 0.309 e. The first-order valence-corrected chi connectivity index (χ1v) is 9.18. The van der Waals surface area contributed by atoms with Gasteiger partial charge in [0.05, 0.1) is 5.41 Å². The lowest BCUT2D eigenvalue weighted by atomic mass is 9.40. The van der Waals surface area contributed by atoms with Gasteiger partial charge >= 0.3 is 5.97 Å². The number of carboxylic acid groups (broad SMARTS) is 1. The van der Waals surface area contributed by atoms with Gasteiger partial charge in [0, 0.05) is 15.9 Å². The lowest BCUT2D eigenvalue weighted by Crippen LogP contribution is -2.58. The Bertz CT molecular complexity index is 674. The largest absolute Gasteiger partial charge is 0.481 e. The minimum atomic E-state index is -2.50. The second-order valence-corrected chi connectivity index (χ2v) is 9.52. The molecule has 4 aliphatic carbocycles. The number of fused-ring (bicyclic) bond motifs is 3. The van der Waals surface area contributed by atoms with Crippen LogP contribution in [0, 0.1) is 33.5 Å². The third kappa shape index (κ3) is 1.77. The topological polar surface area (TPSA) is 54.4 Å². The van der Waals surface area contributed by atoms with Crippen molar-refractivity contribution in [2.45, 2.75) is 78.5 Å². The Labute approximate surface area is 143 Å². The molecule has 128 valence electrons. The number of aliphatic carboxylic acids is 1.